The van der Waals surface area contributed by atoms with Crippen molar-refractivity contribution in [2.45, 2.75) is 31.7 Å². The van der Waals surface area contributed by atoms with Gasteiger partial charge in [-0.1, -0.05) is 72.4 Å². The lowest BCUT2D eigenvalue weighted by atomic mass is 10.00. The van der Waals surface area contributed by atoms with Gasteiger partial charge in [0.1, 0.15) is 12.4 Å². The van der Waals surface area contributed by atoms with Crippen LogP contribution in [0.15, 0.2) is 76.9 Å². The number of rotatable bonds is 6. The fourth-order valence-corrected chi connectivity index (χ4v) is 4.73. The quantitative estimate of drug-likeness (QED) is 0.612. The highest BCUT2D eigenvalue weighted by atomic mass is 32.2. The lowest BCUT2D eigenvalue weighted by molar-refractivity contribution is -0.141. The fourth-order valence-electron chi connectivity index (χ4n) is 3.69. The average Bonchev–Trinajstić information content (AvgIpc) is 3.09. The van der Waals surface area contributed by atoms with Crippen LogP contribution in [0.5, 0.6) is 5.75 Å². The molecule has 2 aromatic rings. The molecule has 0 aliphatic carbocycles. The monoisotopic (exact) mass is 448 g/mol. The summed E-state index contributed by atoms with van der Waals surface area (Å²) in [6, 6.07) is 16.5. The molecule has 2 heterocycles. The summed E-state index contributed by atoms with van der Waals surface area (Å²) in [7, 11) is 1.61. The van der Waals surface area contributed by atoms with E-state index < -0.39 is 12.0 Å². The first-order valence-electron chi connectivity index (χ1n) is 10.3. The smallest absolute Gasteiger partial charge is 0.338 e. The molecular weight excluding hydrogens is 424 g/mol. The van der Waals surface area contributed by atoms with E-state index in [1.165, 1.54) is 11.8 Å². The molecule has 0 bridgehead atoms. The van der Waals surface area contributed by atoms with Gasteiger partial charge in [-0.05, 0) is 25.5 Å². The van der Waals surface area contributed by atoms with Crippen LogP contribution in [-0.2, 0) is 20.9 Å². The van der Waals surface area contributed by atoms with E-state index in [9.17, 15) is 9.59 Å². The number of aliphatic imine (C=N–C) groups is 1. The van der Waals surface area contributed by atoms with Crippen molar-refractivity contribution in [3.8, 4) is 5.75 Å². The molecule has 0 radical (unpaired) electrons. The number of carbonyl (C=O) groups is 2. The number of fused-ring (bicyclic) bond motifs is 1. The molecular formula is C25H24N2O4S. The molecule has 0 spiro atoms. The Hall–Kier alpha value is -3.32. The zero-order chi connectivity index (χ0) is 22.7. The van der Waals surface area contributed by atoms with Gasteiger partial charge < -0.3 is 9.47 Å². The van der Waals surface area contributed by atoms with Crippen LogP contribution < -0.4 is 4.74 Å². The highest BCUT2D eigenvalue weighted by Crippen LogP contribution is 2.37. The second-order valence-corrected chi connectivity index (χ2v) is 8.78. The van der Waals surface area contributed by atoms with Crippen LogP contribution in [0.1, 0.15) is 25.0 Å². The fraction of sp³-hybridized carbons (Fsp3) is 0.240. The first-order chi connectivity index (χ1) is 15.5. The number of amides is 1. The maximum Gasteiger partial charge on any atom is 0.338 e. The molecule has 6 nitrogen and oxygen atoms in total. The van der Waals surface area contributed by atoms with Crippen LogP contribution in [0.25, 0.3) is 6.08 Å². The van der Waals surface area contributed by atoms with Gasteiger partial charge in [-0.2, -0.15) is 0 Å². The number of methoxy groups -OCH3 is 1. The Labute approximate surface area is 191 Å². The summed E-state index contributed by atoms with van der Waals surface area (Å²) in [6.07, 6.45) is 3.71. The van der Waals surface area contributed by atoms with Crippen molar-refractivity contribution in [2.24, 2.45) is 4.99 Å². The predicted octanol–water partition coefficient (Wildman–Crippen LogP) is 4.43. The molecule has 1 fully saturated rings. The number of allylic oxidation sites excluding steroid dienone is 1. The Bertz CT molecular complexity index is 1120. The van der Waals surface area contributed by atoms with Gasteiger partial charge in [-0.15, -0.1) is 0 Å². The number of hydrogen-bond acceptors (Lipinski definition) is 6. The summed E-state index contributed by atoms with van der Waals surface area (Å²) in [4.78, 5) is 32.2. The normalized spacial score (nSPS) is 20.4. The summed E-state index contributed by atoms with van der Waals surface area (Å²) in [5, 5.41) is 0.345. The standard InChI is InChI=1S/C25H24N2O4S/c1-16-22(24(29)31-15-18-9-5-4-6-10-18)20(27-23(28)17(2)32-25(27)26-16)14-13-19-11-7-8-12-21(19)30-3/h4-14,17,20H,15H2,1-3H3/b14-13+/t17-,20-/m0/s1. The third kappa shape index (κ3) is 4.34. The van der Waals surface area contributed by atoms with Crippen molar-refractivity contribution in [3.05, 3.63) is 83.1 Å². The molecule has 0 aromatic heterocycles. The maximum atomic E-state index is 13.2. The number of thioether (sulfide) groups is 1. The van der Waals surface area contributed by atoms with Crippen LogP contribution in [0.4, 0.5) is 0 Å². The Balaban J connectivity index is 1.67. The molecule has 7 heteroatoms. The molecule has 2 aliphatic rings. The van der Waals surface area contributed by atoms with Crippen molar-refractivity contribution in [1.29, 1.82) is 0 Å². The number of carbonyl (C=O) groups excluding carboxylic acids is 2. The third-order valence-electron chi connectivity index (χ3n) is 5.33. The van der Waals surface area contributed by atoms with Crippen LogP contribution in [0, 0.1) is 0 Å². The summed E-state index contributed by atoms with van der Waals surface area (Å²) < 4.78 is 11.0. The van der Waals surface area contributed by atoms with Gasteiger partial charge >= 0.3 is 5.97 Å². The minimum atomic E-state index is -0.611. The molecule has 1 saturated heterocycles. The van der Waals surface area contributed by atoms with Crippen LogP contribution >= 0.6 is 11.8 Å². The zero-order valence-corrected chi connectivity index (χ0v) is 19.0. The van der Waals surface area contributed by atoms with E-state index in [1.807, 2.05) is 73.7 Å². The molecule has 2 atom stereocenters. The van der Waals surface area contributed by atoms with Crippen LogP contribution in [0.2, 0.25) is 0 Å². The second-order valence-electron chi connectivity index (χ2n) is 7.47. The molecule has 1 amide bonds. The van der Waals surface area contributed by atoms with E-state index in [1.54, 1.807) is 18.9 Å². The largest absolute Gasteiger partial charge is 0.496 e. The predicted molar refractivity (Wildman–Crippen MR) is 126 cm³/mol. The average molecular weight is 449 g/mol. The third-order valence-corrected chi connectivity index (χ3v) is 6.38. The number of hydrogen-bond donors (Lipinski definition) is 0. The maximum absolute atomic E-state index is 13.2. The molecule has 2 aromatic carbocycles. The molecule has 164 valence electrons. The highest BCUT2D eigenvalue weighted by molar-refractivity contribution is 8.15. The Morgan fingerprint density at radius 1 is 1.16 bits per heavy atom. The summed E-state index contributed by atoms with van der Waals surface area (Å²) >= 11 is 1.40. The lowest BCUT2D eigenvalue weighted by Gasteiger charge is -2.30. The summed E-state index contributed by atoms with van der Waals surface area (Å²) in [5.74, 6) is 0.142. The molecule has 0 unspecified atom stereocenters. The summed E-state index contributed by atoms with van der Waals surface area (Å²) in [6.45, 7) is 3.77. The van der Waals surface area contributed by atoms with Crippen molar-refractivity contribution in [3.63, 3.8) is 0 Å². The van der Waals surface area contributed by atoms with Crippen LogP contribution in [0.3, 0.4) is 0 Å². The Morgan fingerprint density at radius 3 is 2.62 bits per heavy atom. The number of ether oxygens (including phenoxy) is 2. The van der Waals surface area contributed by atoms with Crippen molar-refractivity contribution in [1.82, 2.24) is 4.90 Å². The first kappa shape index (κ1) is 21.9. The van der Waals surface area contributed by atoms with E-state index in [4.69, 9.17) is 9.47 Å². The second kappa shape index (κ2) is 9.44. The van der Waals surface area contributed by atoms with E-state index in [2.05, 4.69) is 4.99 Å². The molecule has 0 N–H and O–H groups in total. The summed E-state index contributed by atoms with van der Waals surface area (Å²) in [5.41, 5.74) is 2.65. The van der Waals surface area contributed by atoms with Crippen molar-refractivity contribution < 1.29 is 19.1 Å². The topological polar surface area (TPSA) is 68.2 Å². The number of esters is 1. The van der Waals surface area contributed by atoms with Gasteiger partial charge in [-0.3, -0.25) is 9.69 Å². The number of amidine groups is 1. The van der Waals surface area contributed by atoms with Gasteiger partial charge in [-0.25, -0.2) is 9.79 Å². The number of benzene rings is 2. The van der Waals surface area contributed by atoms with Gasteiger partial charge in [0.05, 0.1) is 29.7 Å². The van der Waals surface area contributed by atoms with E-state index >= 15 is 0 Å². The molecule has 0 saturated carbocycles. The molecule has 4 rings (SSSR count). The minimum Gasteiger partial charge on any atom is -0.496 e. The number of para-hydroxylation sites is 1. The van der Waals surface area contributed by atoms with E-state index in [-0.39, 0.29) is 17.8 Å². The SMILES string of the molecule is COc1ccccc1/C=C/[C@H]1C(C(=O)OCc2ccccc2)=C(C)N=C2S[C@@H](C)C(=O)N21. The Kier molecular flexibility index (Phi) is 6.46. The van der Waals surface area contributed by atoms with Crippen LogP contribution in [-0.4, -0.2) is 40.3 Å². The first-order valence-corrected chi connectivity index (χ1v) is 11.2. The van der Waals surface area contributed by atoms with Gasteiger partial charge in [0.25, 0.3) is 0 Å². The lowest BCUT2D eigenvalue weighted by Crippen LogP contribution is -2.45. The van der Waals surface area contributed by atoms with Gasteiger partial charge in [0, 0.05) is 5.56 Å². The number of nitrogens with zero attached hydrogens (tertiary/aromatic N) is 2. The van der Waals surface area contributed by atoms with Crippen molar-refractivity contribution >= 4 is 34.9 Å². The van der Waals surface area contributed by atoms with E-state index in [0.29, 0.717) is 22.2 Å². The Morgan fingerprint density at radius 2 is 1.88 bits per heavy atom. The van der Waals surface area contributed by atoms with Crippen molar-refractivity contribution in [2.75, 3.05) is 7.11 Å². The molecule has 2 aliphatic heterocycles. The molecule has 32 heavy (non-hydrogen) atoms. The van der Waals surface area contributed by atoms with Gasteiger partial charge in [0.2, 0.25) is 5.91 Å². The van der Waals surface area contributed by atoms with Gasteiger partial charge in [0.15, 0.2) is 5.17 Å². The highest BCUT2D eigenvalue weighted by Gasteiger charge is 2.44. The minimum absolute atomic E-state index is 0.0794. The zero-order valence-electron chi connectivity index (χ0n) is 18.1. The van der Waals surface area contributed by atoms with E-state index in [0.717, 1.165) is 11.1 Å².